The second-order valence-corrected chi connectivity index (χ2v) is 5.70. The maximum atomic E-state index is 11.0. The molecule has 108 valence electrons. The molecule has 0 fully saturated rings. The van der Waals surface area contributed by atoms with Crippen molar-refractivity contribution in [3.8, 4) is 0 Å². The first kappa shape index (κ1) is 16.1. The number of hydrogen-bond donors (Lipinski definition) is 0. The van der Waals surface area contributed by atoms with E-state index in [4.69, 9.17) is 9.47 Å². The van der Waals surface area contributed by atoms with Crippen LogP contribution in [-0.2, 0) is 16.1 Å². The Kier molecular flexibility index (Phi) is 6.97. The highest BCUT2D eigenvalue weighted by molar-refractivity contribution is 7.17. The topological polar surface area (TPSA) is 51.7 Å². The molecule has 0 aliphatic heterocycles. The lowest BCUT2D eigenvalue weighted by Gasteiger charge is -2.23. The summed E-state index contributed by atoms with van der Waals surface area (Å²) < 4.78 is 10.2. The van der Waals surface area contributed by atoms with Crippen LogP contribution in [0, 0.1) is 5.92 Å². The summed E-state index contributed by atoms with van der Waals surface area (Å²) in [7, 11) is 3.28. The largest absolute Gasteiger partial charge is 0.383 e. The number of hydrogen-bond acceptors (Lipinski definition) is 6. The van der Waals surface area contributed by atoms with Crippen molar-refractivity contribution in [1.29, 1.82) is 0 Å². The summed E-state index contributed by atoms with van der Waals surface area (Å²) >= 11 is 1.41. The van der Waals surface area contributed by atoms with Crippen LogP contribution in [-0.4, -0.2) is 45.2 Å². The van der Waals surface area contributed by atoms with E-state index < -0.39 is 0 Å². The lowest BCUT2D eigenvalue weighted by molar-refractivity contribution is 0.112. The van der Waals surface area contributed by atoms with Gasteiger partial charge in [0.1, 0.15) is 0 Å². The van der Waals surface area contributed by atoms with Gasteiger partial charge in [0.25, 0.3) is 0 Å². The molecule has 0 N–H and O–H groups in total. The summed E-state index contributed by atoms with van der Waals surface area (Å²) in [5.41, 5.74) is 0.712. The number of thiazole rings is 1. The molecule has 0 aliphatic rings. The summed E-state index contributed by atoms with van der Waals surface area (Å²) in [6.07, 6.45) is 0.847. The van der Waals surface area contributed by atoms with Crippen LogP contribution in [0.3, 0.4) is 0 Å². The SMILES string of the molecule is COCCN(CC(C)C)c1nc(COC)c(C=O)s1. The minimum atomic E-state index is 0.365. The van der Waals surface area contributed by atoms with E-state index in [1.807, 2.05) is 0 Å². The van der Waals surface area contributed by atoms with Gasteiger partial charge in [0, 0.05) is 27.3 Å². The van der Waals surface area contributed by atoms with Gasteiger partial charge in [-0.25, -0.2) is 4.98 Å². The van der Waals surface area contributed by atoms with Crippen molar-refractivity contribution >= 4 is 22.8 Å². The third kappa shape index (κ3) is 4.89. The molecule has 0 radical (unpaired) electrons. The molecule has 0 atom stereocenters. The Morgan fingerprint density at radius 2 is 2.11 bits per heavy atom. The van der Waals surface area contributed by atoms with E-state index in [1.165, 1.54) is 11.3 Å². The maximum absolute atomic E-state index is 11.0. The van der Waals surface area contributed by atoms with Gasteiger partial charge in [0.2, 0.25) is 0 Å². The van der Waals surface area contributed by atoms with Gasteiger partial charge in [-0.1, -0.05) is 25.2 Å². The predicted molar refractivity (Wildman–Crippen MR) is 77.1 cm³/mol. The van der Waals surface area contributed by atoms with Crippen molar-refractivity contribution in [3.63, 3.8) is 0 Å². The van der Waals surface area contributed by atoms with Crippen LogP contribution in [0.15, 0.2) is 0 Å². The fraction of sp³-hybridized carbons (Fsp3) is 0.692. The minimum absolute atomic E-state index is 0.365. The molecule has 0 bridgehead atoms. The van der Waals surface area contributed by atoms with Crippen LogP contribution in [0.1, 0.15) is 29.2 Å². The van der Waals surface area contributed by atoms with E-state index >= 15 is 0 Å². The number of ether oxygens (including phenoxy) is 2. The second-order valence-electron chi connectivity index (χ2n) is 4.69. The second kappa shape index (κ2) is 8.24. The Morgan fingerprint density at radius 1 is 1.37 bits per heavy atom. The number of anilines is 1. The van der Waals surface area contributed by atoms with Crippen LogP contribution in [0.25, 0.3) is 0 Å². The van der Waals surface area contributed by atoms with Crippen molar-refractivity contribution < 1.29 is 14.3 Å². The highest BCUT2D eigenvalue weighted by atomic mass is 32.1. The van der Waals surface area contributed by atoms with Crippen LogP contribution in [0.5, 0.6) is 0 Å². The molecule has 0 aromatic carbocycles. The normalized spacial score (nSPS) is 11.0. The predicted octanol–water partition coefficient (Wildman–Crippen LogP) is 2.21. The van der Waals surface area contributed by atoms with Gasteiger partial charge in [-0.15, -0.1) is 0 Å². The molecule has 1 rings (SSSR count). The molecule has 0 unspecified atom stereocenters. The monoisotopic (exact) mass is 286 g/mol. The first-order valence-electron chi connectivity index (χ1n) is 6.30. The van der Waals surface area contributed by atoms with Crippen molar-refractivity contribution in [3.05, 3.63) is 10.6 Å². The molecule has 0 amide bonds. The number of aromatic nitrogens is 1. The number of aldehydes is 1. The van der Waals surface area contributed by atoms with E-state index in [9.17, 15) is 4.79 Å². The molecule has 5 nitrogen and oxygen atoms in total. The Bertz CT molecular complexity index is 393. The van der Waals surface area contributed by atoms with Crippen LogP contribution < -0.4 is 4.90 Å². The minimum Gasteiger partial charge on any atom is -0.383 e. The quantitative estimate of drug-likeness (QED) is 0.651. The van der Waals surface area contributed by atoms with Gasteiger partial charge in [-0.3, -0.25) is 4.79 Å². The number of carbonyl (C=O) groups is 1. The standard InChI is InChI=1S/C13H22N2O3S/c1-10(2)7-15(5-6-17-3)13-14-11(9-18-4)12(8-16)19-13/h8,10H,5-7,9H2,1-4H3. The molecule has 6 heteroatoms. The van der Waals surface area contributed by atoms with Crippen molar-refractivity contribution in [2.45, 2.75) is 20.5 Å². The van der Waals surface area contributed by atoms with E-state index in [-0.39, 0.29) is 0 Å². The zero-order chi connectivity index (χ0) is 14.3. The average molecular weight is 286 g/mol. The number of nitrogens with zero attached hydrogens (tertiary/aromatic N) is 2. The number of carbonyl (C=O) groups excluding carboxylic acids is 1. The molecule has 19 heavy (non-hydrogen) atoms. The molecule has 1 aromatic heterocycles. The Hall–Kier alpha value is -0.980. The van der Waals surface area contributed by atoms with Gasteiger partial charge in [-0.05, 0) is 5.92 Å². The number of rotatable bonds is 9. The van der Waals surface area contributed by atoms with E-state index in [0.717, 1.165) is 24.5 Å². The van der Waals surface area contributed by atoms with E-state index in [1.54, 1.807) is 14.2 Å². The van der Waals surface area contributed by atoms with Crippen LogP contribution in [0.2, 0.25) is 0 Å². The van der Waals surface area contributed by atoms with Crippen molar-refractivity contribution in [2.24, 2.45) is 5.92 Å². The average Bonchev–Trinajstić information content (AvgIpc) is 2.77. The van der Waals surface area contributed by atoms with Gasteiger partial charge in [0.05, 0.1) is 23.8 Å². The Balaban J connectivity index is 2.90. The first-order chi connectivity index (χ1) is 9.12. The summed E-state index contributed by atoms with van der Waals surface area (Å²) in [4.78, 5) is 18.4. The molecular formula is C13H22N2O3S. The fourth-order valence-corrected chi connectivity index (χ4v) is 2.64. The van der Waals surface area contributed by atoms with Gasteiger partial charge in [-0.2, -0.15) is 0 Å². The van der Waals surface area contributed by atoms with Crippen LogP contribution in [0.4, 0.5) is 5.13 Å². The first-order valence-corrected chi connectivity index (χ1v) is 7.11. The Morgan fingerprint density at radius 3 is 2.63 bits per heavy atom. The molecular weight excluding hydrogens is 264 g/mol. The molecule has 1 aromatic rings. The molecule has 0 spiro atoms. The third-order valence-electron chi connectivity index (χ3n) is 2.53. The highest BCUT2D eigenvalue weighted by Crippen LogP contribution is 2.26. The molecule has 0 aliphatic carbocycles. The van der Waals surface area contributed by atoms with E-state index in [2.05, 4.69) is 23.7 Å². The van der Waals surface area contributed by atoms with E-state index in [0.29, 0.717) is 29.7 Å². The zero-order valence-corrected chi connectivity index (χ0v) is 12.8. The maximum Gasteiger partial charge on any atom is 0.186 e. The zero-order valence-electron chi connectivity index (χ0n) is 12.0. The highest BCUT2D eigenvalue weighted by Gasteiger charge is 2.16. The van der Waals surface area contributed by atoms with Crippen molar-refractivity contribution in [2.75, 3.05) is 38.8 Å². The van der Waals surface area contributed by atoms with Crippen molar-refractivity contribution in [1.82, 2.24) is 4.98 Å². The Labute approximate surface area is 118 Å². The lowest BCUT2D eigenvalue weighted by Crippen LogP contribution is -2.30. The van der Waals surface area contributed by atoms with Gasteiger partial charge >= 0.3 is 0 Å². The molecule has 1 heterocycles. The molecule has 0 saturated heterocycles. The number of methoxy groups -OCH3 is 2. The van der Waals surface area contributed by atoms with Gasteiger partial charge < -0.3 is 14.4 Å². The lowest BCUT2D eigenvalue weighted by atomic mass is 10.2. The third-order valence-corrected chi connectivity index (χ3v) is 3.61. The summed E-state index contributed by atoms with van der Waals surface area (Å²) in [6.45, 7) is 6.98. The summed E-state index contributed by atoms with van der Waals surface area (Å²) in [6, 6.07) is 0. The van der Waals surface area contributed by atoms with Gasteiger partial charge in [0.15, 0.2) is 11.4 Å². The summed E-state index contributed by atoms with van der Waals surface area (Å²) in [5.74, 6) is 0.520. The fourth-order valence-electron chi connectivity index (χ4n) is 1.73. The summed E-state index contributed by atoms with van der Waals surface area (Å²) in [5, 5.41) is 0.861. The van der Waals surface area contributed by atoms with Crippen LogP contribution >= 0.6 is 11.3 Å². The molecule has 0 saturated carbocycles. The smallest absolute Gasteiger partial charge is 0.186 e.